The molecule has 2 heteroatoms. The van der Waals surface area contributed by atoms with Crippen molar-refractivity contribution < 1.29 is 4.42 Å². The van der Waals surface area contributed by atoms with Gasteiger partial charge in [-0.1, -0.05) is 51.0 Å². The second kappa shape index (κ2) is 5.49. The Balaban J connectivity index is 2.12. The van der Waals surface area contributed by atoms with Crippen LogP contribution in [-0.2, 0) is 0 Å². The Morgan fingerprint density at radius 3 is 2.40 bits per heavy atom. The van der Waals surface area contributed by atoms with Crippen LogP contribution >= 0.6 is 11.6 Å². The highest BCUT2D eigenvalue weighted by Gasteiger charge is 2.19. The smallest absolute Gasteiger partial charge is 0.135 e. The van der Waals surface area contributed by atoms with Gasteiger partial charge in [-0.25, -0.2) is 0 Å². The van der Waals surface area contributed by atoms with Crippen LogP contribution in [0.3, 0.4) is 0 Å². The van der Waals surface area contributed by atoms with Gasteiger partial charge in [0, 0.05) is 10.8 Å². The lowest BCUT2D eigenvalue weighted by molar-refractivity contribution is 0.476. The molecule has 0 aliphatic carbocycles. The lowest BCUT2D eigenvalue weighted by Crippen LogP contribution is -2.05. The van der Waals surface area contributed by atoms with Crippen LogP contribution in [0.4, 0.5) is 0 Å². The fraction of sp³-hybridized carbons (Fsp3) is 0.333. The van der Waals surface area contributed by atoms with Crippen LogP contribution < -0.4 is 0 Å². The monoisotopic (exact) mass is 286 g/mol. The van der Waals surface area contributed by atoms with Crippen LogP contribution in [0.25, 0.3) is 21.9 Å². The first kappa shape index (κ1) is 13.5. The first-order valence-corrected chi connectivity index (χ1v) is 7.73. The minimum Gasteiger partial charge on any atom is -0.456 e. The first-order valence-electron chi connectivity index (χ1n) is 7.29. The summed E-state index contributed by atoms with van der Waals surface area (Å²) in [6, 6.07) is 14.5. The van der Waals surface area contributed by atoms with E-state index in [0.717, 1.165) is 34.8 Å². The maximum Gasteiger partial charge on any atom is 0.135 e. The number of alkyl halides is 1. The van der Waals surface area contributed by atoms with E-state index in [4.69, 9.17) is 16.0 Å². The molecule has 1 nitrogen and oxygen atoms in total. The molecule has 0 aliphatic rings. The fourth-order valence-corrected chi connectivity index (χ4v) is 3.38. The average Bonchev–Trinajstić information content (AvgIpc) is 2.86. The molecule has 0 bridgehead atoms. The molecule has 0 saturated heterocycles. The minimum atomic E-state index is 0.0723. The molecule has 0 aliphatic heterocycles. The van der Waals surface area contributed by atoms with Crippen LogP contribution in [0, 0.1) is 5.92 Å². The normalized spacial score (nSPS) is 13.4. The number of para-hydroxylation sites is 1. The minimum absolute atomic E-state index is 0.0723. The van der Waals surface area contributed by atoms with Gasteiger partial charge < -0.3 is 4.42 Å². The first-order chi connectivity index (χ1) is 9.74. The van der Waals surface area contributed by atoms with Crippen molar-refractivity contribution in [1.29, 1.82) is 0 Å². The molecule has 104 valence electrons. The largest absolute Gasteiger partial charge is 0.456 e. The molecule has 2 aromatic carbocycles. The molecule has 3 rings (SSSR count). The number of halogens is 1. The van der Waals surface area contributed by atoms with E-state index >= 15 is 0 Å². The Hall–Kier alpha value is -1.47. The highest BCUT2D eigenvalue weighted by molar-refractivity contribution is 6.21. The van der Waals surface area contributed by atoms with Gasteiger partial charge in [-0.3, -0.25) is 0 Å². The Kier molecular flexibility index (Phi) is 3.71. The van der Waals surface area contributed by atoms with Crippen molar-refractivity contribution in [3.05, 3.63) is 48.0 Å². The number of benzene rings is 2. The summed E-state index contributed by atoms with van der Waals surface area (Å²) in [5, 5.41) is 2.40. The van der Waals surface area contributed by atoms with Crippen LogP contribution in [0.2, 0.25) is 0 Å². The van der Waals surface area contributed by atoms with E-state index in [9.17, 15) is 0 Å². The zero-order valence-electron chi connectivity index (χ0n) is 11.9. The Morgan fingerprint density at radius 2 is 1.65 bits per heavy atom. The van der Waals surface area contributed by atoms with Crippen LogP contribution in [0.5, 0.6) is 0 Å². The van der Waals surface area contributed by atoms with Gasteiger partial charge in [0.2, 0.25) is 0 Å². The number of fused-ring (bicyclic) bond motifs is 3. The van der Waals surface area contributed by atoms with Crippen molar-refractivity contribution in [2.24, 2.45) is 5.92 Å². The van der Waals surface area contributed by atoms with E-state index < -0.39 is 0 Å². The molecular formula is C18H19ClO. The molecule has 1 aromatic heterocycles. The summed E-state index contributed by atoms with van der Waals surface area (Å²) in [5.41, 5.74) is 3.07. The van der Waals surface area contributed by atoms with Gasteiger partial charge in [-0.05, 0) is 29.7 Å². The third-order valence-corrected chi connectivity index (χ3v) is 4.79. The van der Waals surface area contributed by atoms with Crippen molar-refractivity contribution in [3.8, 4) is 0 Å². The summed E-state index contributed by atoms with van der Waals surface area (Å²) < 4.78 is 5.86. The number of hydrogen-bond acceptors (Lipinski definition) is 1. The van der Waals surface area contributed by atoms with E-state index in [2.05, 4.69) is 32.0 Å². The second-order valence-corrected chi connectivity index (χ2v) is 5.80. The summed E-state index contributed by atoms with van der Waals surface area (Å²) in [6.45, 7) is 4.41. The lowest BCUT2D eigenvalue weighted by atomic mass is 9.93. The maximum atomic E-state index is 6.66. The Bertz CT molecular complexity index is 724. The van der Waals surface area contributed by atoms with Gasteiger partial charge in [0.05, 0.1) is 5.38 Å². The zero-order chi connectivity index (χ0) is 14.1. The summed E-state index contributed by atoms with van der Waals surface area (Å²) in [6.07, 6.45) is 2.21. The van der Waals surface area contributed by atoms with E-state index in [1.807, 2.05) is 24.3 Å². The lowest BCUT2D eigenvalue weighted by Gasteiger charge is -2.19. The molecule has 20 heavy (non-hydrogen) atoms. The van der Waals surface area contributed by atoms with Crippen molar-refractivity contribution in [3.63, 3.8) is 0 Å². The van der Waals surface area contributed by atoms with Gasteiger partial charge in [0.25, 0.3) is 0 Å². The summed E-state index contributed by atoms with van der Waals surface area (Å²) >= 11 is 6.66. The molecule has 0 spiro atoms. The summed E-state index contributed by atoms with van der Waals surface area (Å²) in [4.78, 5) is 0. The quantitative estimate of drug-likeness (QED) is 0.513. The Labute approximate surface area is 124 Å². The fourth-order valence-electron chi connectivity index (χ4n) is 2.89. The zero-order valence-corrected chi connectivity index (χ0v) is 12.7. The molecule has 0 N–H and O–H groups in total. The summed E-state index contributed by atoms with van der Waals surface area (Å²) in [5.74, 6) is 0.521. The van der Waals surface area contributed by atoms with E-state index in [1.54, 1.807) is 0 Å². The maximum absolute atomic E-state index is 6.66. The molecule has 1 heterocycles. The van der Waals surface area contributed by atoms with Crippen molar-refractivity contribution >= 4 is 33.5 Å². The average molecular weight is 287 g/mol. The summed E-state index contributed by atoms with van der Waals surface area (Å²) in [7, 11) is 0. The molecule has 0 radical (unpaired) electrons. The van der Waals surface area contributed by atoms with Gasteiger partial charge in [-0.15, -0.1) is 11.6 Å². The van der Waals surface area contributed by atoms with E-state index in [0.29, 0.717) is 5.92 Å². The van der Waals surface area contributed by atoms with Gasteiger partial charge in [0.1, 0.15) is 11.2 Å². The SMILES string of the molecule is CCC(CC)C(Cl)c1ccc2oc3ccccc3c2c1. The number of hydrogen-bond donors (Lipinski definition) is 0. The van der Waals surface area contributed by atoms with Crippen molar-refractivity contribution in [1.82, 2.24) is 0 Å². The highest BCUT2D eigenvalue weighted by Crippen LogP contribution is 2.37. The molecule has 3 aromatic rings. The number of furan rings is 1. The third-order valence-electron chi connectivity index (χ3n) is 4.18. The van der Waals surface area contributed by atoms with Crippen molar-refractivity contribution in [2.45, 2.75) is 32.1 Å². The standard InChI is InChI=1S/C18H19ClO/c1-3-12(4-2)18(19)13-9-10-17-15(11-13)14-7-5-6-8-16(14)20-17/h5-12,18H,3-4H2,1-2H3. The van der Waals surface area contributed by atoms with Gasteiger partial charge >= 0.3 is 0 Å². The van der Waals surface area contributed by atoms with Crippen LogP contribution in [-0.4, -0.2) is 0 Å². The molecule has 0 amide bonds. The predicted molar refractivity (Wildman–Crippen MR) is 86.4 cm³/mol. The third kappa shape index (κ3) is 2.20. The molecule has 1 atom stereocenters. The van der Waals surface area contributed by atoms with E-state index in [-0.39, 0.29) is 5.38 Å². The molecule has 0 fully saturated rings. The van der Waals surface area contributed by atoms with Crippen LogP contribution in [0.15, 0.2) is 46.9 Å². The predicted octanol–water partition coefficient (Wildman–Crippen LogP) is 6.30. The van der Waals surface area contributed by atoms with Gasteiger partial charge in [-0.2, -0.15) is 0 Å². The molecule has 0 saturated carbocycles. The van der Waals surface area contributed by atoms with Crippen molar-refractivity contribution in [2.75, 3.05) is 0 Å². The second-order valence-electron chi connectivity index (χ2n) is 5.33. The Morgan fingerprint density at radius 1 is 0.950 bits per heavy atom. The number of rotatable bonds is 4. The van der Waals surface area contributed by atoms with E-state index in [1.165, 1.54) is 5.56 Å². The van der Waals surface area contributed by atoms with Gasteiger partial charge in [0.15, 0.2) is 0 Å². The van der Waals surface area contributed by atoms with Crippen LogP contribution in [0.1, 0.15) is 37.6 Å². The molecule has 1 unspecified atom stereocenters. The highest BCUT2D eigenvalue weighted by atomic mass is 35.5. The molecular weight excluding hydrogens is 268 g/mol. The topological polar surface area (TPSA) is 13.1 Å².